The van der Waals surface area contributed by atoms with Crippen molar-refractivity contribution in [3.8, 4) is 11.5 Å². The molecule has 0 heterocycles. The van der Waals surface area contributed by atoms with Crippen LogP contribution in [0.15, 0.2) is 42.5 Å². The molecule has 2 N–H and O–H groups in total. The maximum Gasteiger partial charge on any atom is 0.311 e. The molecule has 2 aromatic rings. The molecule has 2 aromatic carbocycles. The molecule has 0 aliphatic rings. The molecular formula is C28H39NO5. The summed E-state index contributed by atoms with van der Waals surface area (Å²) in [6.07, 6.45) is 2.58. The van der Waals surface area contributed by atoms with E-state index in [-0.39, 0.29) is 29.9 Å². The quantitative estimate of drug-likeness (QED) is 0.375. The van der Waals surface area contributed by atoms with Crippen molar-refractivity contribution >= 4 is 17.6 Å². The number of ether oxygens (including phenoxy) is 1. The molecule has 2 rings (SSSR count). The summed E-state index contributed by atoms with van der Waals surface area (Å²) in [6.45, 7) is 11.2. The van der Waals surface area contributed by atoms with E-state index in [2.05, 4.69) is 13.8 Å². The highest BCUT2D eigenvalue weighted by molar-refractivity contribution is 5.96. The molecule has 186 valence electrons. The van der Waals surface area contributed by atoms with Crippen molar-refractivity contribution in [1.29, 1.82) is 0 Å². The van der Waals surface area contributed by atoms with Crippen molar-refractivity contribution in [2.45, 2.75) is 66.2 Å². The zero-order valence-electron chi connectivity index (χ0n) is 21.1. The standard InChI is InChI=1S/C28H39NO5/c1-6-15-34-26-14-11-22(24(28(32)33)16-20-9-12-23(30)13-10-20)17-25(26)29(18-19(4)5)27(31)21(7-2)8-3/h9-14,17,19,21,24,30H,6-8,15-16,18H2,1-5H3,(H,32,33). The lowest BCUT2D eigenvalue weighted by Crippen LogP contribution is -2.39. The number of rotatable bonds is 13. The van der Waals surface area contributed by atoms with E-state index in [1.807, 2.05) is 26.8 Å². The Hall–Kier alpha value is -3.02. The molecule has 34 heavy (non-hydrogen) atoms. The minimum absolute atomic E-state index is 0.0441. The number of aliphatic carboxylic acids is 1. The van der Waals surface area contributed by atoms with Crippen molar-refractivity contribution in [2.75, 3.05) is 18.1 Å². The van der Waals surface area contributed by atoms with Gasteiger partial charge in [-0.2, -0.15) is 0 Å². The van der Waals surface area contributed by atoms with Crippen LogP contribution >= 0.6 is 0 Å². The molecule has 0 saturated carbocycles. The predicted molar refractivity (Wildman–Crippen MR) is 136 cm³/mol. The van der Waals surface area contributed by atoms with E-state index < -0.39 is 11.9 Å². The van der Waals surface area contributed by atoms with Gasteiger partial charge in [0, 0.05) is 12.5 Å². The summed E-state index contributed by atoms with van der Waals surface area (Å²) in [5, 5.41) is 19.6. The first kappa shape index (κ1) is 27.2. The molecule has 0 radical (unpaired) electrons. The maximum absolute atomic E-state index is 13.5. The summed E-state index contributed by atoms with van der Waals surface area (Å²) in [6, 6.07) is 12.0. The van der Waals surface area contributed by atoms with Crippen LogP contribution in [0, 0.1) is 11.8 Å². The molecule has 6 heteroatoms. The smallest absolute Gasteiger partial charge is 0.311 e. The van der Waals surface area contributed by atoms with Crippen molar-refractivity contribution in [3.63, 3.8) is 0 Å². The van der Waals surface area contributed by atoms with E-state index in [1.54, 1.807) is 41.3 Å². The molecule has 1 atom stereocenters. The first-order chi connectivity index (χ1) is 16.2. The van der Waals surface area contributed by atoms with Crippen LogP contribution in [-0.2, 0) is 16.0 Å². The predicted octanol–water partition coefficient (Wildman–Crippen LogP) is 6.02. The molecule has 0 aliphatic carbocycles. The van der Waals surface area contributed by atoms with Gasteiger partial charge in [-0.15, -0.1) is 0 Å². The third-order valence-electron chi connectivity index (χ3n) is 5.96. The van der Waals surface area contributed by atoms with Gasteiger partial charge >= 0.3 is 5.97 Å². The minimum Gasteiger partial charge on any atom is -0.508 e. The molecule has 0 bridgehead atoms. The number of anilines is 1. The topological polar surface area (TPSA) is 87.1 Å². The molecular weight excluding hydrogens is 430 g/mol. The number of aromatic hydroxyl groups is 1. The Balaban J connectivity index is 2.56. The van der Waals surface area contributed by atoms with Crippen LogP contribution in [0.4, 0.5) is 5.69 Å². The van der Waals surface area contributed by atoms with E-state index in [4.69, 9.17) is 4.74 Å². The van der Waals surface area contributed by atoms with Gasteiger partial charge in [0.05, 0.1) is 18.2 Å². The van der Waals surface area contributed by atoms with Crippen LogP contribution in [0.2, 0.25) is 0 Å². The van der Waals surface area contributed by atoms with Gasteiger partial charge in [0.2, 0.25) is 5.91 Å². The highest BCUT2D eigenvalue weighted by Gasteiger charge is 2.28. The Morgan fingerprint density at radius 2 is 1.65 bits per heavy atom. The number of phenols is 1. The number of carboxylic acid groups (broad SMARTS) is 1. The Morgan fingerprint density at radius 3 is 2.18 bits per heavy atom. The van der Waals surface area contributed by atoms with Gasteiger partial charge in [0.1, 0.15) is 11.5 Å². The minimum atomic E-state index is -0.942. The summed E-state index contributed by atoms with van der Waals surface area (Å²) in [5.41, 5.74) is 2.06. The monoisotopic (exact) mass is 469 g/mol. The Bertz CT molecular complexity index is 934. The maximum atomic E-state index is 13.5. The lowest BCUT2D eigenvalue weighted by molar-refractivity contribution is -0.138. The average Bonchev–Trinajstić information content (AvgIpc) is 2.81. The van der Waals surface area contributed by atoms with E-state index in [0.29, 0.717) is 30.2 Å². The number of carboxylic acids is 1. The van der Waals surface area contributed by atoms with Crippen LogP contribution in [0.1, 0.15) is 70.9 Å². The summed E-state index contributed by atoms with van der Waals surface area (Å²) in [7, 11) is 0. The number of carbonyl (C=O) groups is 2. The highest BCUT2D eigenvalue weighted by Crippen LogP contribution is 2.35. The molecule has 6 nitrogen and oxygen atoms in total. The van der Waals surface area contributed by atoms with Crippen LogP contribution in [0.25, 0.3) is 0 Å². The van der Waals surface area contributed by atoms with Gasteiger partial charge in [0.25, 0.3) is 0 Å². The number of benzene rings is 2. The van der Waals surface area contributed by atoms with Crippen LogP contribution < -0.4 is 9.64 Å². The van der Waals surface area contributed by atoms with Crippen molar-refractivity contribution in [2.24, 2.45) is 11.8 Å². The van der Waals surface area contributed by atoms with E-state index >= 15 is 0 Å². The lowest BCUT2D eigenvalue weighted by atomic mass is 9.91. The second-order valence-corrected chi connectivity index (χ2v) is 9.19. The van der Waals surface area contributed by atoms with Gasteiger partial charge in [0.15, 0.2) is 0 Å². The molecule has 0 aromatic heterocycles. The van der Waals surface area contributed by atoms with Gasteiger partial charge in [-0.25, -0.2) is 0 Å². The fraction of sp³-hybridized carbons (Fsp3) is 0.500. The van der Waals surface area contributed by atoms with Crippen LogP contribution in [0.5, 0.6) is 11.5 Å². The second kappa shape index (κ2) is 13.0. The Kier molecular flexibility index (Phi) is 10.4. The number of carbonyl (C=O) groups excluding carboxylic acids is 1. The summed E-state index contributed by atoms with van der Waals surface area (Å²) >= 11 is 0. The fourth-order valence-electron chi connectivity index (χ4n) is 4.04. The Labute approximate surface area is 203 Å². The first-order valence-electron chi connectivity index (χ1n) is 12.3. The first-order valence-corrected chi connectivity index (χ1v) is 12.3. The van der Waals surface area contributed by atoms with E-state index in [9.17, 15) is 19.8 Å². The summed E-state index contributed by atoms with van der Waals surface area (Å²) in [5.74, 6) is -0.834. The zero-order chi connectivity index (χ0) is 25.3. The zero-order valence-corrected chi connectivity index (χ0v) is 21.1. The lowest BCUT2D eigenvalue weighted by Gasteiger charge is -2.30. The third-order valence-corrected chi connectivity index (χ3v) is 5.96. The molecule has 1 unspecified atom stereocenters. The van der Waals surface area contributed by atoms with Gasteiger partial charge in [-0.05, 0) is 67.0 Å². The van der Waals surface area contributed by atoms with Gasteiger partial charge in [-0.3, -0.25) is 9.59 Å². The Morgan fingerprint density at radius 1 is 1.00 bits per heavy atom. The third kappa shape index (κ3) is 7.24. The average molecular weight is 470 g/mol. The molecule has 0 spiro atoms. The van der Waals surface area contributed by atoms with E-state index in [0.717, 1.165) is 24.8 Å². The summed E-state index contributed by atoms with van der Waals surface area (Å²) < 4.78 is 6.00. The van der Waals surface area contributed by atoms with Gasteiger partial charge in [-0.1, -0.05) is 52.8 Å². The second-order valence-electron chi connectivity index (χ2n) is 9.19. The number of hydrogen-bond donors (Lipinski definition) is 2. The molecule has 0 fully saturated rings. The number of phenolic OH excluding ortho intramolecular Hbond substituents is 1. The highest BCUT2D eigenvalue weighted by atomic mass is 16.5. The molecule has 0 aliphatic heterocycles. The molecule has 0 saturated heterocycles. The van der Waals surface area contributed by atoms with E-state index in [1.165, 1.54) is 0 Å². The van der Waals surface area contributed by atoms with Crippen molar-refractivity contribution in [3.05, 3.63) is 53.6 Å². The SMILES string of the molecule is CCCOc1ccc(C(Cc2ccc(O)cc2)C(=O)O)cc1N(CC(C)C)C(=O)C(CC)CC. The largest absolute Gasteiger partial charge is 0.508 e. The van der Waals surface area contributed by atoms with Crippen molar-refractivity contribution in [1.82, 2.24) is 0 Å². The number of hydrogen-bond acceptors (Lipinski definition) is 4. The van der Waals surface area contributed by atoms with Gasteiger partial charge < -0.3 is 19.8 Å². The fourth-order valence-corrected chi connectivity index (χ4v) is 4.04. The van der Waals surface area contributed by atoms with Crippen LogP contribution in [0.3, 0.4) is 0 Å². The van der Waals surface area contributed by atoms with Crippen LogP contribution in [-0.4, -0.2) is 35.2 Å². The number of nitrogens with zero attached hydrogens (tertiary/aromatic N) is 1. The molecule has 1 amide bonds. The number of amides is 1. The summed E-state index contributed by atoms with van der Waals surface area (Å²) in [4.78, 5) is 27.6. The van der Waals surface area contributed by atoms with Crippen molar-refractivity contribution < 1.29 is 24.5 Å². The normalized spacial score (nSPS) is 12.1.